The molecule has 1 aliphatic rings. The molecule has 0 saturated carbocycles. The number of furan rings is 1. The van der Waals surface area contributed by atoms with Gasteiger partial charge in [-0.15, -0.1) is 0 Å². The van der Waals surface area contributed by atoms with Crippen molar-refractivity contribution >= 4 is 29.5 Å². The van der Waals surface area contributed by atoms with Crippen LogP contribution < -0.4 is 0 Å². The molecular formula is C14H8ClNO3. The van der Waals surface area contributed by atoms with Crippen molar-refractivity contribution in [2.75, 3.05) is 0 Å². The molecule has 0 aliphatic carbocycles. The van der Waals surface area contributed by atoms with Gasteiger partial charge in [-0.1, -0.05) is 23.7 Å². The molecule has 0 amide bonds. The highest BCUT2D eigenvalue weighted by molar-refractivity contribution is 6.30. The zero-order chi connectivity index (χ0) is 13.2. The molecule has 0 atom stereocenters. The quantitative estimate of drug-likeness (QED) is 0.623. The van der Waals surface area contributed by atoms with Crippen LogP contribution in [0.2, 0.25) is 5.02 Å². The van der Waals surface area contributed by atoms with E-state index in [1.807, 2.05) is 0 Å². The number of hydrogen-bond acceptors (Lipinski definition) is 4. The molecule has 4 nitrogen and oxygen atoms in total. The third-order valence-electron chi connectivity index (χ3n) is 2.53. The van der Waals surface area contributed by atoms with Crippen molar-refractivity contribution in [1.82, 2.24) is 0 Å². The number of hydrogen-bond donors (Lipinski definition) is 0. The summed E-state index contributed by atoms with van der Waals surface area (Å²) in [5, 5.41) is 0.635. The van der Waals surface area contributed by atoms with Gasteiger partial charge >= 0.3 is 5.97 Å². The molecule has 1 aromatic carbocycles. The topological polar surface area (TPSA) is 51.8 Å². The Morgan fingerprint density at radius 1 is 1.16 bits per heavy atom. The van der Waals surface area contributed by atoms with Gasteiger partial charge in [0.05, 0.1) is 6.26 Å². The predicted molar refractivity (Wildman–Crippen MR) is 70.8 cm³/mol. The molecule has 5 heteroatoms. The van der Waals surface area contributed by atoms with Crippen molar-refractivity contribution in [3.63, 3.8) is 0 Å². The molecule has 19 heavy (non-hydrogen) atoms. The van der Waals surface area contributed by atoms with Crippen molar-refractivity contribution in [3.8, 4) is 0 Å². The lowest BCUT2D eigenvalue weighted by Gasteiger charge is -1.94. The van der Waals surface area contributed by atoms with Gasteiger partial charge in [-0.2, -0.15) is 0 Å². The average Bonchev–Trinajstić information content (AvgIpc) is 3.03. The average molecular weight is 274 g/mol. The summed E-state index contributed by atoms with van der Waals surface area (Å²) in [6.07, 6.45) is 3.13. The van der Waals surface area contributed by atoms with Gasteiger partial charge in [-0.3, -0.25) is 0 Å². The van der Waals surface area contributed by atoms with Crippen molar-refractivity contribution in [3.05, 3.63) is 64.7 Å². The van der Waals surface area contributed by atoms with Crippen LogP contribution in [0.15, 0.2) is 57.8 Å². The van der Waals surface area contributed by atoms with E-state index in [9.17, 15) is 4.79 Å². The fourth-order valence-corrected chi connectivity index (χ4v) is 1.76. The number of benzene rings is 1. The lowest BCUT2D eigenvalue weighted by atomic mass is 10.2. The van der Waals surface area contributed by atoms with Crippen molar-refractivity contribution in [2.24, 2.45) is 4.99 Å². The fourth-order valence-electron chi connectivity index (χ4n) is 1.63. The van der Waals surface area contributed by atoms with Crippen LogP contribution in [0.1, 0.15) is 11.3 Å². The van der Waals surface area contributed by atoms with Gasteiger partial charge in [-0.25, -0.2) is 9.79 Å². The third kappa shape index (κ3) is 2.44. The Kier molecular flexibility index (Phi) is 2.93. The molecule has 0 radical (unpaired) electrons. The lowest BCUT2D eigenvalue weighted by Crippen LogP contribution is -2.04. The first-order valence-electron chi connectivity index (χ1n) is 5.54. The number of nitrogens with zero attached hydrogens (tertiary/aromatic N) is 1. The normalized spacial score (nSPS) is 16.6. The Morgan fingerprint density at radius 3 is 2.63 bits per heavy atom. The number of carbonyl (C=O) groups is 1. The lowest BCUT2D eigenvalue weighted by molar-refractivity contribution is -0.130. The number of halogens is 1. The molecule has 1 aromatic heterocycles. The molecule has 94 valence electrons. The predicted octanol–water partition coefficient (Wildman–Crippen LogP) is 3.28. The van der Waals surface area contributed by atoms with Gasteiger partial charge in [0, 0.05) is 5.02 Å². The standard InChI is InChI=1S/C14H8ClNO3/c15-10-5-3-9(4-6-10)8-11-14(17)19-13(16-11)12-2-1-7-18-12/h1-8H/b11-8-. The number of esters is 1. The summed E-state index contributed by atoms with van der Waals surface area (Å²) in [5.41, 5.74) is 1.05. The zero-order valence-electron chi connectivity index (χ0n) is 9.67. The first kappa shape index (κ1) is 11.7. The summed E-state index contributed by atoms with van der Waals surface area (Å²) in [7, 11) is 0. The van der Waals surface area contributed by atoms with Crippen LogP contribution in [0.4, 0.5) is 0 Å². The Hall–Kier alpha value is -2.33. The Labute approximate surface area is 114 Å². The molecule has 1 aliphatic heterocycles. The fraction of sp³-hybridized carbons (Fsp3) is 0. The van der Waals surface area contributed by atoms with Gasteiger partial charge in [0.2, 0.25) is 0 Å². The van der Waals surface area contributed by atoms with Gasteiger partial charge in [-0.05, 0) is 35.9 Å². The second-order valence-electron chi connectivity index (χ2n) is 3.86. The summed E-state index contributed by atoms with van der Waals surface area (Å²) < 4.78 is 10.2. The first-order valence-corrected chi connectivity index (χ1v) is 5.92. The summed E-state index contributed by atoms with van der Waals surface area (Å²) in [6, 6.07) is 10.5. The van der Waals surface area contributed by atoms with Gasteiger partial charge in [0.25, 0.3) is 5.90 Å². The van der Waals surface area contributed by atoms with Crippen molar-refractivity contribution in [2.45, 2.75) is 0 Å². The van der Waals surface area contributed by atoms with Crippen LogP contribution in [0.25, 0.3) is 6.08 Å². The second-order valence-corrected chi connectivity index (χ2v) is 4.30. The molecule has 3 rings (SSSR count). The molecule has 2 aromatic rings. The number of carbonyl (C=O) groups excluding carboxylic acids is 1. The first-order chi connectivity index (χ1) is 9.22. The van der Waals surface area contributed by atoms with Gasteiger partial charge < -0.3 is 9.15 Å². The minimum atomic E-state index is -0.499. The highest BCUT2D eigenvalue weighted by Crippen LogP contribution is 2.20. The number of rotatable bonds is 2. The van der Waals surface area contributed by atoms with E-state index in [4.69, 9.17) is 20.8 Å². The van der Waals surface area contributed by atoms with Crippen LogP contribution in [-0.4, -0.2) is 11.9 Å². The molecule has 0 N–H and O–H groups in total. The van der Waals surface area contributed by atoms with E-state index in [2.05, 4.69) is 4.99 Å². The van der Waals surface area contributed by atoms with E-state index in [-0.39, 0.29) is 11.6 Å². The molecule has 2 heterocycles. The minimum absolute atomic E-state index is 0.176. The number of aliphatic imine (C=N–C) groups is 1. The van der Waals surface area contributed by atoms with Crippen LogP contribution in [-0.2, 0) is 9.53 Å². The van der Waals surface area contributed by atoms with Gasteiger partial charge in [0.1, 0.15) is 0 Å². The molecule has 0 fully saturated rings. The highest BCUT2D eigenvalue weighted by Gasteiger charge is 2.25. The van der Waals surface area contributed by atoms with Gasteiger partial charge in [0.15, 0.2) is 11.5 Å². The van der Waals surface area contributed by atoms with Crippen molar-refractivity contribution < 1.29 is 13.9 Å². The van der Waals surface area contributed by atoms with E-state index >= 15 is 0 Å². The SMILES string of the molecule is O=C1OC(c2ccco2)=N/C1=C\c1ccc(Cl)cc1. The summed E-state index contributed by atoms with van der Waals surface area (Å²) in [6.45, 7) is 0. The van der Waals surface area contributed by atoms with E-state index in [0.717, 1.165) is 5.56 Å². The Bertz CT molecular complexity index is 669. The maximum atomic E-state index is 11.7. The van der Waals surface area contributed by atoms with Crippen molar-refractivity contribution in [1.29, 1.82) is 0 Å². The van der Waals surface area contributed by atoms with Crippen LogP contribution in [0.3, 0.4) is 0 Å². The molecule has 0 spiro atoms. The molecule has 0 saturated heterocycles. The van der Waals surface area contributed by atoms with Crippen LogP contribution in [0, 0.1) is 0 Å². The minimum Gasteiger partial charge on any atom is -0.459 e. The summed E-state index contributed by atoms with van der Waals surface area (Å²) in [5.74, 6) is 0.101. The maximum absolute atomic E-state index is 11.7. The smallest absolute Gasteiger partial charge is 0.363 e. The van der Waals surface area contributed by atoms with Crippen LogP contribution in [0.5, 0.6) is 0 Å². The van der Waals surface area contributed by atoms with E-state index in [1.165, 1.54) is 6.26 Å². The zero-order valence-corrected chi connectivity index (χ0v) is 10.4. The van der Waals surface area contributed by atoms with E-state index in [0.29, 0.717) is 10.8 Å². The van der Waals surface area contributed by atoms with E-state index < -0.39 is 5.97 Å². The number of ether oxygens (including phenoxy) is 1. The molecule has 0 bridgehead atoms. The second kappa shape index (κ2) is 4.74. The monoisotopic (exact) mass is 273 g/mol. The highest BCUT2D eigenvalue weighted by atomic mass is 35.5. The van der Waals surface area contributed by atoms with E-state index in [1.54, 1.807) is 42.5 Å². The molecular weight excluding hydrogens is 266 g/mol. The Balaban J connectivity index is 1.92. The summed E-state index contributed by atoms with van der Waals surface area (Å²) in [4.78, 5) is 15.8. The maximum Gasteiger partial charge on any atom is 0.363 e. The van der Waals surface area contributed by atoms with Crippen LogP contribution >= 0.6 is 11.6 Å². The number of cyclic esters (lactones) is 1. The largest absolute Gasteiger partial charge is 0.459 e. The summed E-state index contributed by atoms with van der Waals surface area (Å²) >= 11 is 5.80. The molecule has 0 unspecified atom stereocenters. The third-order valence-corrected chi connectivity index (χ3v) is 2.78. The Morgan fingerprint density at radius 2 is 1.95 bits per heavy atom.